The van der Waals surface area contributed by atoms with Gasteiger partial charge in [-0.15, -0.1) is 0 Å². The van der Waals surface area contributed by atoms with Crippen LogP contribution in [0.15, 0.2) is 11.6 Å². The largest absolute Gasteiger partial charge is 0.369 e. The molecular weight excluding hydrogens is 284 g/mol. The lowest BCUT2D eigenvalue weighted by molar-refractivity contribution is -0.257. The molecule has 3 fully saturated rings. The molecule has 0 unspecified atom stereocenters. The van der Waals surface area contributed by atoms with Gasteiger partial charge in [-0.25, -0.2) is 0 Å². The first kappa shape index (κ1) is 16.1. The van der Waals surface area contributed by atoms with Gasteiger partial charge in [-0.3, -0.25) is 4.79 Å². The van der Waals surface area contributed by atoms with E-state index in [1.54, 1.807) is 0 Å². The van der Waals surface area contributed by atoms with E-state index in [2.05, 4.69) is 26.8 Å². The molecule has 3 rings (SSSR count). The number of epoxide rings is 2. The molecule has 1 saturated carbocycles. The summed E-state index contributed by atoms with van der Waals surface area (Å²) in [4.78, 5) is 12.6. The Labute approximate surface area is 131 Å². The summed E-state index contributed by atoms with van der Waals surface area (Å²) in [6.07, 6.45) is 4.22. The van der Waals surface area contributed by atoms with Gasteiger partial charge < -0.3 is 18.9 Å². The molecular formula is C17H26O5. The van der Waals surface area contributed by atoms with Crippen LogP contribution < -0.4 is 0 Å². The van der Waals surface area contributed by atoms with E-state index >= 15 is 0 Å². The van der Waals surface area contributed by atoms with Gasteiger partial charge >= 0.3 is 0 Å². The van der Waals surface area contributed by atoms with Crippen molar-refractivity contribution in [1.29, 1.82) is 0 Å². The fourth-order valence-corrected chi connectivity index (χ4v) is 4.15. The minimum atomic E-state index is -1.26. The Morgan fingerprint density at radius 1 is 1.36 bits per heavy atom. The second-order valence-electron chi connectivity index (χ2n) is 7.09. The Morgan fingerprint density at radius 3 is 2.50 bits per heavy atom. The zero-order valence-corrected chi connectivity index (χ0v) is 14.1. The molecule has 0 amide bonds. The molecule has 5 nitrogen and oxygen atoms in total. The van der Waals surface area contributed by atoms with E-state index in [0.29, 0.717) is 13.0 Å². The monoisotopic (exact) mass is 310 g/mol. The molecule has 0 bridgehead atoms. The highest BCUT2D eigenvalue weighted by Gasteiger charge is 2.77. The summed E-state index contributed by atoms with van der Waals surface area (Å²) < 4.78 is 23.1. The fraction of sp³-hybridized carbons (Fsp3) is 0.824. The van der Waals surface area contributed by atoms with E-state index in [1.807, 2.05) is 0 Å². The van der Waals surface area contributed by atoms with E-state index < -0.39 is 11.4 Å². The van der Waals surface area contributed by atoms with Crippen LogP contribution in [0.2, 0.25) is 0 Å². The summed E-state index contributed by atoms with van der Waals surface area (Å²) in [5.41, 5.74) is 0.471. The third-order valence-electron chi connectivity index (χ3n) is 5.48. The molecule has 0 aromatic rings. The average Bonchev–Trinajstić information content (AvgIpc) is 3.38. The average molecular weight is 310 g/mol. The Balaban J connectivity index is 1.91. The Hall–Kier alpha value is -0.750. The zero-order chi connectivity index (χ0) is 16.2. The molecule has 0 aromatic heterocycles. The van der Waals surface area contributed by atoms with Gasteiger partial charge in [0, 0.05) is 20.6 Å². The standard InChI is InChI=1S/C17H26O5/c1-11(2)6-7-13-15(3,22-13)14-16(10-21-16)9-8-12(18)17(14,19-4)20-5/h6,13-14H,7-10H2,1-5H3/t13-,14-,15+,16+/m1/s1. The SMILES string of the molecule is COC1(OC)C(=O)CC[C@]2(CO2)[C@H]1[C@@]1(C)O[C@@H]1CC=C(C)C. The van der Waals surface area contributed by atoms with Crippen LogP contribution in [0.4, 0.5) is 0 Å². The fourth-order valence-electron chi connectivity index (χ4n) is 4.15. The van der Waals surface area contributed by atoms with Gasteiger partial charge in [0.15, 0.2) is 5.78 Å². The molecule has 0 N–H and O–H groups in total. The quantitative estimate of drug-likeness (QED) is 0.443. The molecule has 1 aliphatic carbocycles. The van der Waals surface area contributed by atoms with Crippen molar-refractivity contribution in [2.24, 2.45) is 5.92 Å². The lowest BCUT2D eigenvalue weighted by Gasteiger charge is -2.45. The molecule has 5 heteroatoms. The first-order valence-electron chi connectivity index (χ1n) is 7.93. The summed E-state index contributed by atoms with van der Waals surface area (Å²) >= 11 is 0. The van der Waals surface area contributed by atoms with E-state index in [1.165, 1.54) is 19.8 Å². The van der Waals surface area contributed by atoms with Crippen LogP contribution in [0.5, 0.6) is 0 Å². The van der Waals surface area contributed by atoms with Crippen molar-refractivity contribution in [3.8, 4) is 0 Å². The number of ketones is 1. The summed E-state index contributed by atoms with van der Waals surface area (Å²) in [5, 5.41) is 0. The van der Waals surface area contributed by atoms with Gasteiger partial charge in [-0.2, -0.15) is 0 Å². The molecule has 124 valence electrons. The summed E-state index contributed by atoms with van der Waals surface area (Å²) in [6.45, 7) is 6.84. The summed E-state index contributed by atoms with van der Waals surface area (Å²) in [6, 6.07) is 0. The molecule has 2 heterocycles. The van der Waals surface area contributed by atoms with Crippen molar-refractivity contribution in [3.63, 3.8) is 0 Å². The third kappa shape index (κ3) is 2.18. The van der Waals surface area contributed by atoms with Crippen molar-refractivity contribution < 1.29 is 23.7 Å². The minimum absolute atomic E-state index is 0.0127. The van der Waals surface area contributed by atoms with Crippen molar-refractivity contribution in [2.75, 3.05) is 20.8 Å². The van der Waals surface area contributed by atoms with Gasteiger partial charge in [0.05, 0.1) is 18.6 Å². The molecule has 0 aromatic carbocycles. The molecule has 4 atom stereocenters. The highest BCUT2D eigenvalue weighted by molar-refractivity contribution is 5.88. The van der Waals surface area contributed by atoms with E-state index in [4.69, 9.17) is 18.9 Å². The number of Topliss-reactive ketones (excluding diaryl/α,β-unsaturated/α-hetero) is 1. The molecule has 22 heavy (non-hydrogen) atoms. The number of methoxy groups -OCH3 is 2. The van der Waals surface area contributed by atoms with Gasteiger partial charge in [-0.05, 0) is 33.6 Å². The van der Waals surface area contributed by atoms with E-state index in [-0.39, 0.29) is 23.4 Å². The second-order valence-corrected chi connectivity index (χ2v) is 7.09. The van der Waals surface area contributed by atoms with Gasteiger partial charge in [0.2, 0.25) is 5.79 Å². The van der Waals surface area contributed by atoms with Gasteiger partial charge in [-0.1, -0.05) is 11.6 Å². The normalized spacial score (nSPS) is 42.3. The van der Waals surface area contributed by atoms with Crippen LogP contribution >= 0.6 is 0 Å². The number of hydrogen-bond donors (Lipinski definition) is 0. The molecule has 1 spiro atoms. The topological polar surface area (TPSA) is 60.6 Å². The first-order valence-corrected chi connectivity index (χ1v) is 7.93. The van der Waals surface area contributed by atoms with Crippen LogP contribution in [-0.4, -0.2) is 49.7 Å². The van der Waals surface area contributed by atoms with Crippen molar-refractivity contribution in [2.45, 2.75) is 63.1 Å². The summed E-state index contributed by atoms with van der Waals surface area (Å²) in [5.74, 6) is -1.51. The Bertz CT molecular complexity index is 499. The maximum atomic E-state index is 12.6. The van der Waals surface area contributed by atoms with Crippen LogP contribution in [0.25, 0.3) is 0 Å². The van der Waals surface area contributed by atoms with E-state index in [9.17, 15) is 4.79 Å². The predicted molar refractivity (Wildman–Crippen MR) is 80.5 cm³/mol. The van der Waals surface area contributed by atoms with Crippen molar-refractivity contribution >= 4 is 5.78 Å². The number of allylic oxidation sites excluding steroid dienone is 1. The summed E-state index contributed by atoms with van der Waals surface area (Å²) in [7, 11) is 3.07. The lowest BCUT2D eigenvalue weighted by Crippen LogP contribution is -2.63. The van der Waals surface area contributed by atoms with Crippen LogP contribution in [0.3, 0.4) is 0 Å². The highest BCUT2D eigenvalue weighted by atomic mass is 16.7. The first-order chi connectivity index (χ1) is 10.3. The van der Waals surface area contributed by atoms with Crippen LogP contribution in [-0.2, 0) is 23.7 Å². The molecule has 2 aliphatic heterocycles. The number of carbonyl (C=O) groups excluding carboxylic acids is 1. The molecule has 2 saturated heterocycles. The van der Waals surface area contributed by atoms with E-state index in [0.717, 1.165) is 12.8 Å². The molecule has 0 radical (unpaired) electrons. The maximum Gasteiger partial charge on any atom is 0.237 e. The second kappa shape index (κ2) is 5.13. The van der Waals surface area contributed by atoms with Crippen LogP contribution in [0.1, 0.15) is 40.0 Å². The maximum absolute atomic E-state index is 12.6. The zero-order valence-electron chi connectivity index (χ0n) is 14.1. The smallest absolute Gasteiger partial charge is 0.237 e. The van der Waals surface area contributed by atoms with Crippen molar-refractivity contribution in [1.82, 2.24) is 0 Å². The number of rotatable bonds is 5. The Kier molecular flexibility index (Phi) is 3.76. The van der Waals surface area contributed by atoms with Gasteiger partial charge in [0.25, 0.3) is 0 Å². The van der Waals surface area contributed by atoms with Crippen LogP contribution in [0, 0.1) is 5.92 Å². The third-order valence-corrected chi connectivity index (χ3v) is 5.48. The number of carbonyl (C=O) groups is 1. The lowest BCUT2D eigenvalue weighted by atomic mass is 9.66. The minimum Gasteiger partial charge on any atom is -0.369 e. The number of ether oxygens (including phenoxy) is 4. The number of hydrogen-bond acceptors (Lipinski definition) is 5. The van der Waals surface area contributed by atoms with Gasteiger partial charge in [0.1, 0.15) is 11.2 Å². The molecule has 3 aliphatic rings. The highest BCUT2D eigenvalue weighted by Crippen LogP contribution is 2.61. The Morgan fingerprint density at radius 2 is 2.00 bits per heavy atom. The van der Waals surface area contributed by atoms with Crippen molar-refractivity contribution in [3.05, 3.63) is 11.6 Å². The predicted octanol–water partition coefficient (Wildman–Crippen LogP) is 2.24.